The van der Waals surface area contributed by atoms with Crippen molar-refractivity contribution in [1.82, 2.24) is 4.90 Å². The van der Waals surface area contributed by atoms with E-state index in [0.717, 1.165) is 6.42 Å². The molecule has 0 fully saturated rings. The van der Waals surface area contributed by atoms with Crippen molar-refractivity contribution in [2.24, 2.45) is 0 Å². The molecule has 0 rings (SSSR count). The molecule has 0 aromatic carbocycles. The van der Waals surface area contributed by atoms with Crippen molar-refractivity contribution in [2.45, 2.75) is 20.3 Å². The third-order valence-corrected chi connectivity index (χ3v) is 1.75. The third kappa shape index (κ3) is 7.04. The Bertz CT molecular complexity index is 200. The number of carbonyl (C=O) groups excluding carboxylic acids is 2. The molecule has 0 atom stereocenters. The van der Waals surface area contributed by atoms with Crippen LogP contribution in [0.3, 0.4) is 0 Å². The smallest absolute Gasteiger partial charge is 0.248 e. The minimum absolute atomic E-state index is 0.0369. The van der Waals surface area contributed by atoms with Crippen LogP contribution in [0.1, 0.15) is 20.3 Å². The van der Waals surface area contributed by atoms with Gasteiger partial charge in [-0.1, -0.05) is 6.92 Å². The molecule has 0 spiro atoms. The van der Waals surface area contributed by atoms with Gasteiger partial charge in [-0.25, -0.2) is 0 Å². The molecule has 0 bridgehead atoms. The SMILES string of the molecule is CCCN(CCO)C(=O)COCC(C)=O. The minimum Gasteiger partial charge on any atom is -0.395 e. The molecule has 0 aliphatic heterocycles. The monoisotopic (exact) mass is 217 g/mol. The first-order valence-corrected chi connectivity index (χ1v) is 5.07. The van der Waals surface area contributed by atoms with E-state index < -0.39 is 0 Å². The van der Waals surface area contributed by atoms with Gasteiger partial charge in [0, 0.05) is 13.1 Å². The quantitative estimate of drug-likeness (QED) is 0.612. The Morgan fingerprint density at radius 3 is 2.40 bits per heavy atom. The lowest BCUT2D eigenvalue weighted by Gasteiger charge is -2.20. The summed E-state index contributed by atoms with van der Waals surface area (Å²) in [5.74, 6) is -0.292. The maximum Gasteiger partial charge on any atom is 0.248 e. The first kappa shape index (κ1) is 14.1. The summed E-state index contributed by atoms with van der Waals surface area (Å²) < 4.78 is 4.91. The lowest BCUT2D eigenvalue weighted by molar-refractivity contribution is -0.138. The van der Waals surface area contributed by atoms with Gasteiger partial charge in [0.2, 0.25) is 5.91 Å². The highest BCUT2D eigenvalue weighted by Crippen LogP contribution is 1.93. The molecule has 0 aromatic heterocycles. The molecule has 0 radical (unpaired) electrons. The van der Waals surface area contributed by atoms with Crippen LogP contribution < -0.4 is 0 Å². The first-order valence-electron chi connectivity index (χ1n) is 5.07. The van der Waals surface area contributed by atoms with Crippen molar-refractivity contribution in [1.29, 1.82) is 0 Å². The van der Waals surface area contributed by atoms with E-state index in [1.807, 2.05) is 6.92 Å². The number of aliphatic hydroxyl groups excluding tert-OH is 1. The molecule has 15 heavy (non-hydrogen) atoms. The molecule has 88 valence electrons. The lowest BCUT2D eigenvalue weighted by Crippen LogP contribution is -2.37. The van der Waals surface area contributed by atoms with Crippen molar-refractivity contribution >= 4 is 11.7 Å². The number of ether oxygens (including phenoxy) is 1. The molecule has 0 aliphatic rings. The zero-order chi connectivity index (χ0) is 11.7. The number of amides is 1. The predicted molar refractivity (Wildman–Crippen MR) is 55.5 cm³/mol. The van der Waals surface area contributed by atoms with Gasteiger partial charge in [-0.05, 0) is 13.3 Å². The van der Waals surface area contributed by atoms with Gasteiger partial charge in [-0.2, -0.15) is 0 Å². The Balaban J connectivity index is 3.85. The zero-order valence-electron chi connectivity index (χ0n) is 9.36. The predicted octanol–water partition coefficient (Wildman–Crippen LogP) is -0.177. The van der Waals surface area contributed by atoms with Crippen molar-refractivity contribution in [2.75, 3.05) is 32.9 Å². The van der Waals surface area contributed by atoms with Gasteiger partial charge in [0.25, 0.3) is 0 Å². The van der Waals surface area contributed by atoms with Crippen molar-refractivity contribution in [3.05, 3.63) is 0 Å². The highest BCUT2D eigenvalue weighted by atomic mass is 16.5. The molecule has 0 heterocycles. The summed E-state index contributed by atoms with van der Waals surface area (Å²) in [6.07, 6.45) is 0.832. The van der Waals surface area contributed by atoms with Crippen molar-refractivity contribution < 1.29 is 19.4 Å². The average molecular weight is 217 g/mol. The van der Waals surface area contributed by atoms with Gasteiger partial charge in [-0.3, -0.25) is 9.59 Å². The largest absolute Gasteiger partial charge is 0.395 e. The highest BCUT2D eigenvalue weighted by molar-refractivity contribution is 5.79. The second kappa shape index (κ2) is 8.38. The number of Topliss-reactive ketones (excluding diaryl/α,β-unsaturated/α-hetero) is 1. The summed E-state index contributed by atoms with van der Waals surface area (Å²) in [6, 6.07) is 0. The standard InChI is InChI=1S/C10H19NO4/c1-3-4-11(5-6-12)10(14)8-15-7-9(2)13/h12H,3-8H2,1-2H3. The normalized spacial score (nSPS) is 10.1. The molecule has 0 saturated carbocycles. The summed E-state index contributed by atoms with van der Waals surface area (Å²) in [5.41, 5.74) is 0. The number of hydrogen-bond acceptors (Lipinski definition) is 4. The Labute approximate surface area is 90.0 Å². The van der Waals surface area contributed by atoms with Crippen LogP contribution in [0, 0.1) is 0 Å². The number of carbonyl (C=O) groups is 2. The maximum absolute atomic E-state index is 11.5. The van der Waals surface area contributed by atoms with Gasteiger partial charge < -0.3 is 14.7 Å². The minimum atomic E-state index is -0.188. The van der Waals surface area contributed by atoms with E-state index in [1.54, 1.807) is 0 Å². The van der Waals surface area contributed by atoms with Crippen LogP contribution in [0.15, 0.2) is 0 Å². The molecular weight excluding hydrogens is 198 g/mol. The molecule has 0 aromatic rings. The van der Waals surface area contributed by atoms with Crippen molar-refractivity contribution in [3.63, 3.8) is 0 Å². The van der Waals surface area contributed by atoms with Gasteiger partial charge >= 0.3 is 0 Å². The average Bonchev–Trinajstić information content (AvgIpc) is 2.16. The number of hydrogen-bond donors (Lipinski definition) is 1. The Morgan fingerprint density at radius 1 is 1.27 bits per heavy atom. The number of rotatable bonds is 8. The van der Waals surface area contributed by atoms with E-state index in [9.17, 15) is 9.59 Å². The second-order valence-electron chi connectivity index (χ2n) is 3.30. The Kier molecular flexibility index (Phi) is 7.85. The maximum atomic E-state index is 11.5. The van der Waals surface area contributed by atoms with Crippen LogP contribution >= 0.6 is 0 Å². The van der Waals surface area contributed by atoms with Crippen LogP contribution in [-0.4, -0.2) is 54.6 Å². The first-order chi connectivity index (χ1) is 7.11. The van der Waals surface area contributed by atoms with E-state index in [1.165, 1.54) is 11.8 Å². The molecule has 0 unspecified atom stereocenters. The highest BCUT2D eigenvalue weighted by Gasteiger charge is 2.11. The summed E-state index contributed by atoms with van der Waals surface area (Å²) in [6.45, 7) is 4.08. The summed E-state index contributed by atoms with van der Waals surface area (Å²) in [7, 11) is 0. The topological polar surface area (TPSA) is 66.8 Å². The zero-order valence-corrected chi connectivity index (χ0v) is 9.36. The van der Waals surface area contributed by atoms with E-state index in [0.29, 0.717) is 13.1 Å². The van der Waals surface area contributed by atoms with E-state index in [4.69, 9.17) is 9.84 Å². The molecule has 5 heteroatoms. The molecule has 0 saturated heterocycles. The van der Waals surface area contributed by atoms with Crippen LogP contribution in [0.25, 0.3) is 0 Å². The third-order valence-electron chi connectivity index (χ3n) is 1.75. The fraction of sp³-hybridized carbons (Fsp3) is 0.800. The fourth-order valence-corrected chi connectivity index (χ4v) is 1.13. The van der Waals surface area contributed by atoms with Crippen molar-refractivity contribution in [3.8, 4) is 0 Å². The van der Waals surface area contributed by atoms with Gasteiger partial charge in [0.15, 0.2) is 5.78 Å². The molecule has 0 aliphatic carbocycles. The number of ketones is 1. The summed E-state index contributed by atoms with van der Waals surface area (Å²) >= 11 is 0. The second-order valence-corrected chi connectivity index (χ2v) is 3.30. The lowest BCUT2D eigenvalue weighted by atomic mass is 10.4. The van der Waals surface area contributed by atoms with Crippen LogP contribution in [0.5, 0.6) is 0 Å². The van der Waals surface area contributed by atoms with E-state index >= 15 is 0 Å². The molecule has 1 amide bonds. The number of nitrogens with zero attached hydrogens (tertiary/aromatic N) is 1. The summed E-state index contributed by atoms with van der Waals surface area (Å²) in [5, 5.41) is 8.74. The van der Waals surface area contributed by atoms with Crippen LogP contribution in [-0.2, 0) is 14.3 Å². The summed E-state index contributed by atoms with van der Waals surface area (Å²) in [4.78, 5) is 23.6. The molecule has 5 nitrogen and oxygen atoms in total. The van der Waals surface area contributed by atoms with Gasteiger partial charge in [-0.15, -0.1) is 0 Å². The van der Waals surface area contributed by atoms with E-state index in [2.05, 4.69) is 0 Å². The molecule has 1 N–H and O–H groups in total. The van der Waals surface area contributed by atoms with E-state index in [-0.39, 0.29) is 31.5 Å². The Hall–Kier alpha value is -0.940. The number of aliphatic hydroxyl groups is 1. The van der Waals surface area contributed by atoms with Crippen LogP contribution in [0.4, 0.5) is 0 Å². The molecular formula is C10H19NO4. The van der Waals surface area contributed by atoms with Gasteiger partial charge in [0.05, 0.1) is 6.61 Å². The van der Waals surface area contributed by atoms with Gasteiger partial charge in [0.1, 0.15) is 13.2 Å². The Morgan fingerprint density at radius 2 is 1.93 bits per heavy atom. The fourth-order valence-electron chi connectivity index (χ4n) is 1.13. The van der Waals surface area contributed by atoms with Crippen LogP contribution in [0.2, 0.25) is 0 Å².